The van der Waals surface area contributed by atoms with Crippen molar-refractivity contribution in [2.45, 2.75) is 25.2 Å². The molecule has 1 heterocycles. The van der Waals surface area contributed by atoms with Crippen LogP contribution in [0.3, 0.4) is 0 Å². The highest BCUT2D eigenvalue weighted by Crippen LogP contribution is 2.32. The molecule has 1 aliphatic rings. The van der Waals surface area contributed by atoms with Crippen LogP contribution >= 0.6 is 23.2 Å². The summed E-state index contributed by atoms with van der Waals surface area (Å²) in [7, 11) is -2.65. The summed E-state index contributed by atoms with van der Waals surface area (Å²) in [5.41, 5.74) is 0.0124. The molecule has 1 amide bonds. The van der Waals surface area contributed by atoms with Crippen LogP contribution in [0, 0.1) is 5.92 Å². The molecular formula is C19H26Cl2N2O6S. The van der Waals surface area contributed by atoms with E-state index in [1.54, 1.807) is 0 Å². The number of esters is 1. The second-order valence-electron chi connectivity index (χ2n) is 7.25. The van der Waals surface area contributed by atoms with Gasteiger partial charge in [0.15, 0.2) is 0 Å². The Hall–Kier alpha value is -1.39. The molecule has 1 fully saturated rings. The zero-order valence-electron chi connectivity index (χ0n) is 17.2. The van der Waals surface area contributed by atoms with Crippen LogP contribution in [0.1, 0.15) is 30.6 Å². The number of benzene rings is 1. The summed E-state index contributed by atoms with van der Waals surface area (Å²) in [4.78, 5) is 26.0. The first-order chi connectivity index (χ1) is 14.1. The Morgan fingerprint density at radius 1 is 1.20 bits per heavy atom. The summed E-state index contributed by atoms with van der Waals surface area (Å²) in [6, 6.07) is 2.47. The van der Waals surface area contributed by atoms with Crippen molar-refractivity contribution in [1.29, 1.82) is 0 Å². The zero-order chi connectivity index (χ0) is 22.5. The molecule has 168 valence electrons. The Balaban J connectivity index is 2.40. The fraction of sp³-hybridized carbons (Fsp3) is 0.579. The molecule has 0 radical (unpaired) electrons. The lowest BCUT2D eigenvalue weighted by atomic mass is 10.1. The van der Waals surface area contributed by atoms with Crippen LogP contribution in [0.15, 0.2) is 17.0 Å². The minimum Gasteiger partial charge on any atom is -0.469 e. The largest absolute Gasteiger partial charge is 0.469 e. The summed E-state index contributed by atoms with van der Waals surface area (Å²) in [5, 5.41) is -0.0224. The molecule has 1 aromatic carbocycles. The second-order valence-corrected chi connectivity index (χ2v) is 9.97. The van der Waals surface area contributed by atoms with Crippen molar-refractivity contribution < 1.29 is 27.5 Å². The SMILES string of the molecule is COC(=O)CCN(CC(C)C)C(=O)c1cc(S(=O)(=O)N2CCOCC2)c(Cl)cc1Cl. The summed E-state index contributed by atoms with van der Waals surface area (Å²) in [6.07, 6.45) is 0.0130. The van der Waals surface area contributed by atoms with Gasteiger partial charge in [-0.15, -0.1) is 0 Å². The van der Waals surface area contributed by atoms with Gasteiger partial charge in [-0.3, -0.25) is 9.59 Å². The van der Waals surface area contributed by atoms with Crippen molar-refractivity contribution in [2.24, 2.45) is 5.92 Å². The third-order valence-electron chi connectivity index (χ3n) is 4.53. The van der Waals surface area contributed by atoms with Crippen LogP contribution in [-0.2, 0) is 24.3 Å². The molecule has 11 heteroatoms. The number of hydrogen-bond acceptors (Lipinski definition) is 6. The van der Waals surface area contributed by atoms with Crippen LogP contribution in [0.5, 0.6) is 0 Å². The first-order valence-electron chi connectivity index (χ1n) is 9.51. The van der Waals surface area contributed by atoms with Crippen molar-refractivity contribution in [3.8, 4) is 0 Å². The Bertz CT molecular complexity index is 885. The lowest BCUT2D eigenvalue weighted by Gasteiger charge is -2.27. The maximum absolute atomic E-state index is 13.2. The average Bonchev–Trinajstić information content (AvgIpc) is 2.70. The Morgan fingerprint density at radius 2 is 1.83 bits per heavy atom. The van der Waals surface area contributed by atoms with Crippen LogP contribution in [0.4, 0.5) is 0 Å². The maximum atomic E-state index is 13.2. The first-order valence-corrected chi connectivity index (χ1v) is 11.7. The topological polar surface area (TPSA) is 93.2 Å². The van der Waals surface area contributed by atoms with Crippen LogP contribution in [-0.4, -0.2) is 76.0 Å². The van der Waals surface area contributed by atoms with Gasteiger partial charge in [-0.05, 0) is 18.1 Å². The maximum Gasteiger partial charge on any atom is 0.307 e. The molecule has 1 aliphatic heterocycles. The molecule has 0 aromatic heterocycles. The molecule has 30 heavy (non-hydrogen) atoms. The van der Waals surface area contributed by atoms with E-state index in [4.69, 9.17) is 27.9 Å². The minimum absolute atomic E-state index is 0.0124. The van der Waals surface area contributed by atoms with Gasteiger partial charge in [-0.2, -0.15) is 4.31 Å². The lowest BCUT2D eigenvalue weighted by Crippen LogP contribution is -2.41. The number of halogens is 2. The van der Waals surface area contributed by atoms with Crippen LogP contribution in [0.2, 0.25) is 10.0 Å². The summed E-state index contributed by atoms with van der Waals surface area (Å²) in [6.45, 7) is 5.30. The van der Waals surface area contributed by atoms with Gasteiger partial charge in [0, 0.05) is 26.2 Å². The predicted molar refractivity (Wildman–Crippen MR) is 113 cm³/mol. The molecule has 0 spiro atoms. The van der Waals surface area contributed by atoms with Gasteiger partial charge in [-0.1, -0.05) is 37.0 Å². The van der Waals surface area contributed by atoms with Gasteiger partial charge in [0.1, 0.15) is 4.90 Å². The fourth-order valence-corrected chi connectivity index (χ4v) is 5.27. The van der Waals surface area contributed by atoms with Crippen molar-refractivity contribution in [1.82, 2.24) is 9.21 Å². The molecule has 1 saturated heterocycles. The normalized spacial score (nSPS) is 15.3. The third kappa shape index (κ3) is 6.07. The first kappa shape index (κ1) is 24.9. The van der Waals surface area contributed by atoms with Gasteiger partial charge in [0.2, 0.25) is 10.0 Å². The molecule has 0 bridgehead atoms. The summed E-state index contributed by atoms with van der Waals surface area (Å²) in [5.74, 6) is -0.809. The predicted octanol–water partition coefficient (Wildman–Crippen LogP) is 2.68. The van der Waals surface area contributed by atoms with E-state index in [1.165, 1.54) is 28.4 Å². The molecule has 0 aliphatic carbocycles. The van der Waals surface area contributed by atoms with Crippen molar-refractivity contribution in [3.05, 3.63) is 27.7 Å². The number of ether oxygens (including phenoxy) is 2. The molecule has 0 N–H and O–H groups in total. The number of nitrogens with zero attached hydrogens (tertiary/aromatic N) is 2. The van der Waals surface area contributed by atoms with E-state index in [2.05, 4.69) is 4.74 Å². The Labute approximate surface area is 187 Å². The van der Waals surface area contributed by atoms with Gasteiger partial charge in [0.05, 0.1) is 42.4 Å². The van der Waals surface area contributed by atoms with Crippen LogP contribution in [0.25, 0.3) is 0 Å². The quantitative estimate of drug-likeness (QED) is 0.530. The second kappa shape index (κ2) is 10.8. The van der Waals surface area contributed by atoms with Crippen molar-refractivity contribution >= 4 is 45.1 Å². The minimum atomic E-state index is -3.93. The number of rotatable bonds is 8. The number of carbonyl (C=O) groups excluding carboxylic acids is 2. The van der Waals surface area contributed by atoms with Crippen molar-refractivity contribution in [2.75, 3.05) is 46.5 Å². The van der Waals surface area contributed by atoms with E-state index >= 15 is 0 Å². The lowest BCUT2D eigenvalue weighted by molar-refractivity contribution is -0.140. The third-order valence-corrected chi connectivity index (χ3v) is 7.20. The number of sulfonamides is 1. The Morgan fingerprint density at radius 3 is 2.40 bits per heavy atom. The molecular weight excluding hydrogens is 455 g/mol. The van der Waals surface area contributed by atoms with Crippen molar-refractivity contribution in [3.63, 3.8) is 0 Å². The molecule has 1 aromatic rings. The van der Waals surface area contributed by atoms with E-state index in [-0.39, 0.29) is 65.7 Å². The standard InChI is InChI=1S/C19H26Cl2N2O6S/c1-13(2)12-22(5-4-18(24)28-3)19(25)14-10-17(16(21)11-15(14)20)30(26,27)23-6-8-29-9-7-23/h10-11,13H,4-9,12H2,1-3H3. The van der Waals surface area contributed by atoms with Gasteiger partial charge in [0.25, 0.3) is 5.91 Å². The van der Waals surface area contributed by atoms with Gasteiger partial charge >= 0.3 is 5.97 Å². The monoisotopic (exact) mass is 480 g/mol. The fourth-order valence-electron chi connectivity index (χ4n) is 3.03. The molecule has 8 nitrogen and oxygen atoms in total. The molecule has 2 rings (SSSR count). The molecule has 0 saturated carbocycles. The highest BCUT2D eigenvalue weighted by Gasteiger charge is 2.31. The summed E-state index contributed by atoms with van der Waals surface area (Å²) >= 11 is 12.4. The summed E-state index contributed by atoms with van der Waals surface area (Å²) < 4.78 is 37.2. The zero-order valence-corrected chi connectivity index (χ0v) is 19.5. The number of hydrogen-bond donors (Lipinski definition) is 0. The van der Waals surface area contributed by atoms with Crippen LogP contribution < -0.4 is 0 Å². The van der Waals surface area contributed by atoms with E-state index in [1.807, 2.05) is 13.8 Å². The van der Waals surface area contributed by atoms with E-state index < -0.39 is 21.9 Å². The number of carbonyl (C=O) groups is 2. The number of morpholine rings is 1. The van der Waals surface area contributed by atoms with E-state index in [0.717, 1.165) is 0 Å². The van der Waals surface area contributed by atoms with E-state index in [0.29, 0.717) is 6.54 Å². The smallest absolute Gasteiger partial charge is 0.307 e. The number of amides is 1. The Kier molecular flexibility index (Phi) is 8.93. The van der Waals surface area contributed by atoms with E-state index in [9.17, 15) is 18.0 Å². The number of methoxy groups -OCH3 is 1. The molecule has 0 atom stereocenters. The van der Waals surface area contributed by atoms with Gasteiger partial charge in [-0.25, -0.2) is 8.42 Å². The van der Waals surface area contributed by atoms with Gasteiger partial charge < -0.3 is 14.4 Å². The highest BCUT2D eigenvalue weighted by molar-refractivity contribution is 7.89. The molecule has 0 unspecified atom stereocenters. The highest BCUT2D eigenvalue weighted by atomic mass is 35.5. The average molecular weight is 481 g/mol.